The molecule has 0 aromatic heterocycles. The lowest BCUT2D eigenvalue weighted by Gasteiger charge is -2.16. The molecule has 0 aliphatic heterocycles. The van der Waals surface area contributed by atoms with E-state index in [0.717, 1.165) is 17.8 Å². The second-order valence-corrected chi connectivity index (χ2v) is 4.89. The molecule has 90 valence electrons. The Morgan fingerprint density at radius 1 is 1.28 bits per heavy atom. The number of benzene rings is 1. The van der Waals surface area contributed by atoms with E-state index in [9.17, 15) is 0 Å². The molecule has 4 heteroatoms. The third-order valence-corrected chi connectivity index (χ3v) is 3.26. The minimum atomic E-state index is 0.304. The SMILES string of the molecule is NC(=S)NC1=CC=C2C(=Cc3cc(N)ccc32)C1. The van der Waals surface area contributed by atoms with Crippen LogP contribution in [0.1, 0.15) is 17.5 Å². The van der Waals surface area contributed by atoms with Crippen molar-refractivity contribution in [1.29, 1.82) is 0 Å². The zero-order valence-corrected chi connectivity index (χ0v) is 10.6. The molecular weight excluding hydrogens is 242 g/mol. The van der Waals surface area contributed by atoms with Gasteiger partial charge in [0.1, 0.15) is 0 Å². The summed E-state index contributed by atoms with van der Waals surface area (Å²) in [6.45, 7) is 0. The van der Waals surface area contributed by atoms with E-state index in [4.69, 9.17) is 23.7 Å². The fourth-order valence-electron chi connectivity index (χ4n) is 2.42. The first-order chi connectivity index (χ1) is 8.63. The van der Waals surface area contributed by atoms with Gasteiger partial charge in [0.15, 0.2) is 5.11 Å². The number of hydrogen-bond donors (Lipinski definition) is 3. The van der Waals surface area contributed by atoms with Crippen LogP contribution in [0, 0.1) is 0 Å². The maximum atomic E-state index is 5.81. The summed E-state index contributed by atoms with van der Waals surface area (Å²) in [5.41, 5.74) is 18.1. The van der Waals surface area contributed by atoms with E-state index < -0.39 is 0 Å². The molecule has 0 saturated carbocycles. The van der Waals surface area contributed by atoms with Crippen molar-refractivity contribution in [2.75, 3.05) is 5.73 Å². The topological polar surface area (TPSA) is 64.1 Å². The zero-order valence-electron chi connectivity index (χ0n) is 9.73. The Morgan fingerprint density at radius 2 is 2.11 bits per heavy atom. The second kappa shape index (κ2) is 3.99. The molecule has 1 aromatic carbocycles. The molecule has 3 rings (SSSR count). The maximum absolute atomic E-state index is 5.81. The number of thiocarbonyl (C=S) groups is 1. The Kier molecular flexibility index (Phi) is 2.45. The second-order valence-electron chi connectivity index (χ2n) is 4.45. The van der Waals surface area contributed by atoms with Crippen LogP contribution in [0.5, 0.6) is 0 Å². The molecule has 0 saturated heterocycles. The van der Waals surface area contributed by atoms with Gasteiger partial charge in [0, 0.05) is 17.8 Å². The summed E-state index contributed by atoms with van der Waals surface area (Å²) in [6, 6.07) is 6.00. The average Bonchev–Trinajstić information content (AvgIpc) is 2.64. The number of allylic oxidation sites excluding steroid dienone is 4. The minimum Gasteiger partial charge on any atom is -0.399 e. The fraction of sp³-hybridized carbons (Fsp3) is 0.0714. The highest BCUT2D eigenvalue weighted by Crippen LogP contribution is 2.40. The van der Waals surface area contributed by atoms with E-state index in [1.54, 1.807) is 0 Å². The van der Waals surface area contributed by atoms with E-state index in [1.165, 1.54) is 22.3 Å². The average molecular weight is 255 g/mol. The molecule has 0 spiro atoms. The first-order valence-electron chi connectivity index (χ1n) is 5.71. The van der Waals surface area contributed by atoms with Gasteiger partial charge in [-0.15, -0.1) is 0 Å². The van der Waals surface area contributed by atoms with Crippen molar-refractivity contribution in [3.05, 3.63) is 52.7 Å². The first-order valence-corrected chi connectivity index (χ1v) is 6.12. The minimum absolute atomic E-state index is 0.304. The number of nitrogens with two attached hydrogens (primary N) is 2. The Balaban J connectivity index is 1.98. The normalized spacial score (nSPS) is 16.1. The monoisotopic (exact) mass is 255 g/mol. The molecule has 18 heavy (non-hydrogen) atoms. The smallest absolute Gasteiger partial charge is 0.167 e. The summed E-state index contributed by atoms with van der Waals surface area (Å²) < 4.78 is 0. The third-order valence-electron chi connectivity index (χ3n) is 3.16. The van der Waals surface area contributed by atoms with Gasteiger partial charge in [-0.25, -0.2) is 0 Å². The van der Waals surface area contributed by atoms with E-state index in [1.807, 2.05) is 18.2 Å². The van der Waals surface area contributed by atoms with Crippen LogP contribution in [0.25, 0.3) is 11.6 Å². The van der Waals surface area contributed by atoms with Crippen LogP contribution in [-0.4, -0.2) is 5.11 Å². The van der Waals surface area contributed by atoms with Crippen LogP contribution in [0.3, 0.4) is 0 Å². The number of fused-ring (bicyclic) bond motifs is 3. The van der Waals surface area contributed by atoms with Gasteiger partial charge >= 0.3 is 0 Å². The van der Waals surface area contributed by atoms with Crippen LogP contribution >= 0.6 is 12.2 Å². The number of rotatable bonds is 1. The van der Waals surface area contributed by atoms with Gasteiger partial charge in [0.25, 0.3) is 0 Å². The molecule has 2 aliphatic carbocycles. The van der Waals surface area contributed by atoms with Crippen molar-refractivity contribution < 1.29 is 0 Å². The highest BCUT2D eigenvalue weighted by molar-refractivity contribution is 7.80. The molecule has 1 aromatic rings. The highest BCUT2D eigenvalue weighted by atomic mass is 32.1. The Morgan fingerprint density at radius 3 is 2.89 bits per heavy atom. The maximum Gasteiger partial charge on any atom is 0.167 e. The summed E-state index contributed by atoms with van der Waals surface area (Å²) in [6.07, 6.45) is 7.11. The van der Waals surface area contributed by atoms with Gasteiger partial charge in [0.2, 0.25) is 0 Å². The Labute approximate surface area is 111 Å². The van der Waals surface area contributed by atoms with Crippen molar-refractivity contribution in [3.8, 4) is 0 Å². The predicted octanol–water partition coefficient (Wildman–Crippen LogP) is 2.17. The van der Waals surface area contributed by atoms with Crippen LogP contribution in [0.2, 0.25) is 0 Å². The van der Waals surface area contributed by atoms with Crippen molar-refractivity contribution >= 4 is 34.7 Å². The highest BCUT2D eigenvalue weighted by Gasteiger charge is 2.21. The molecule has 2 aliphatic rings. The van der Waals surface area contributed by atoms with Gasteiger partial charge < -0.3 is 16.8 Å². The predicted molar refractivity (Wildman–Crippen MR) is 79.4 cm³/mol. The van der Waals surface area contributed by atoms with Gasteiger partial charge in [-0.2, -0.15) is 0 Å². The number of nitrogen functional groups attached to an aromatic ring is 1. The van der Waals surface area contributed by atoms with Gasteiger partial charge in [-0.3, -0.25) is 0 Å². The van der Waals surface area contributed by atoms with Crippen molar-refractivity contribution in [1.82, 2.24) is 5.32 Å². The molecule has 0 amide bonds. The van der Waals surface area contributed by atoms with Crippen molar-refractivity contribution in [2.45, 2.75) is 6.42 Å². The summed E-state index contributed by atoms with van der Waals surface area (Å²) in [7, 11) is 0. The van der Waals surface area contributed by atoms with Gasteiger partial charge in [0.05, 0.1) is 0 Å². The fourth-order valence-corrected chi connectivity index (χ4v) is 2.55. The van der Waals surface area contributed by atoms with Crippen LogP contribution in [0.15, 0.2) is 41.6 Å². The molecule has 0 heterocycles. The van der Waals surface area contributed by atoms with E-state index in [2.05, 4.69) is 23.5 Å². The quantitative estimate of drug-likeness (QED) is 0.531. The molecular formula is C14H13N3S. The molecule has 0 unspecified atom stereocenters. The Hall–Kier alpha value is -2.07. The van der Waals surface area contributed by atoms with Crippen LogP contribution in [0.4, 0.5) is 5.69 Å². The lowest BCUT2D eigenvalue weighted by atomic mass is 9.95. The van der Waals surface area contributed by atoms with Gasteiger partial charge in [-0.05, 0) is 52.7 Å². The van der Waals surface area contributed by atoms with Crippen LogP contribution < -0.4 is 16.8 Å². The van der Waals surface area contributed by atoms with E-state index in [-0.39, 0.29) is 0 Å². The van der Waals surface area contributed by atoms with Crippen molar-refractivity contribution in [3.63, 3.8) is 0 Å². The van der Waals surface area contributed by atoms with Crippen molar-refractivity contribution in [2.24, 2.45) is 5.73 Å². The van der Waals surface area contributed by atoms with E-state index in [0.29, 0.717) is 5.11 Å². The lowest BCUT2D eigenvalue weighted by molar-refractivity contribution is 1.02. The molecule has 0 bridgehead atoms. The number of nitrogens with one attached hydrogen (secondary N) is 1. The van der Waals surface area contributed by atoms with Gasteiger partial charge in [-0.1, -0.05) is 18.2 Å². The molecule has 0 fully saturated rings. The first kappa shape index (κ1) is 11.0. The number of anilines is 1. The van der Waals surface area contributed by atoms with E-state index >= 15 is 0 Å². The summed E-state index contributed by atoms with van der Waals surface area (Å²) in [4.78, 5) is 0. The summed E-state index contributed by atoms with van der Waals surface area (Å²) in [5.74, 6) is 0. The zero-order chi connectivity index (χ0) is 12.7. The number of hydrogen-bond acceptors (Lipinski definition) is 2. The standard InChI is InChI=1S/C14H13N3S/c15-10-1-3-12-8(6-10)5-9-7-11(17-14(16)18)2-4-13(9)12/h1-6H,7,15H2,(H3,16,17,18). The summed E-state index contributed by atoms with van der Waals surface area (Å²) in [5, 5.41) is 3.30. The Bertz CT molecular complexity index is 638. The molecule has 0 atom stereocenters. The molecule has 5 N–H and O–H groups in total. The van der Waals surface area contributed by atoms with Crippen LogP contribution in [-0.2, 0) is 0 Å². The molecule has 0 radical (unpaired) electrons. The largest absolute Gasteiger partial charge is 0.399 e. The summed E-state index contributed by atoms with van der Waals surface area (Å²) >= 11 is 4.85. The molecule has 3 nitrogen and oxygen atoms in total. The third kappa shape index (κ3) is 1.80. The lowest BCUT2D eigenvalue weighted by Crippen LogP contribution is -2.28.